The standard InChI is InChI=1S/C32H31N3O4/c1-31(2,3)39-30(37)34-32(17-8-18-32)22-13-11-20(12-14-22)25-27(36)23-15-16-24-26(35(4)19-33-24)29(23)38-28(25)21-9-6-5-7-10-21/h5-7,9-16,19H,8,17-18H2,1-4H3,(H,34,37). The van der Waals surface area contributed by atoms with E-state index in [9.17, 15) is 9.59 Å². The molecule has 0 saturated heterocycles. The van der Waals surface area contributed by atoms with Gasteiger partial charge in [-0.05, 0) is 63.3 Å². The van der Waals surface area contributed by atoms with E-state index in [1.807, 2.05) is 93.0 Å². The predicted octanol–water partition coefficient (Wildman–Crippen LogP) is 6.92. The smallest absolute Gasteiger partial charge is 0.408 e. The fourth-order valence-electron chi connectivity index (χ4n) is 5.41. The first kappa shape index (κ1) is 24.9. The molecule has 1 amide bonds. The minimum absolute atomic E-state index is 0.101. The Labute approximate surface area is 226 Å². The highest BCUT2D eigenvalue weighted by molar-refractivity contribution is 6.03. The van der Waals surface area contributed by atoms with Gasteiger partial charge in [0.1, 0.15) is 16.9 Å². The highest BCUT2D eigenvalue weighted by atomic mass is 16.6. The van der Waals surface area contributed by atoms with Gasteiger partial charge in [0, 0.05) is 12.6 Å². The lowest BCUT2D eigenvalue weighted by Gasteiger charge is -2.43. The molecule has 1 aliphatic rings. The minimum atomic E-state index is -0.572. The third kappa shape index (κ3) is 4.38. The average molecular weight is 522 g/mol. The van der Waals surface area contributed by atoms with Crippen molar-refractivity contribution >= 4 is 28.1 Å². The molecule has 1 fully saturated rings. The van der Waals surface area contributed by atoms with Crippen LogP contribution in [0.1, 0.15) is 45.6 Å². The van der Waals surface area contributed by atoms with E-state index >= 15 is 0 Å². The molecule has 6 rings (SSSR count). The van der Waals surface area contributed by atoms with Crippen LogP contribution in [0.5, 0.6) is 0 Å². The number of hydrogen-bond donors (Lipinski definition) is 1. The maximum atomic E-state index is 14.1. The third-order valence-electron chi connectivity index (χ3n) is 7.45. The van der Waals surface area contributed by atoms with Crippen molar-refractivity contribution in [3.05, 3.63) is 88.8 Å². The molecular weight excluding hydrogens is 490 g/mol. The van der Waals surface area contributed by atoms with Gasteiger partial charge in [0.25, 0.3) is 0 Å². The summed E-state index contributed by atoms with van der Waals surface area (Å²) in [5.41, 5.74) is 4.00. The number of carbonyl (C=O) groups is 1. The van der Waals surface area contributed by atoms with Crippen molar-refractivity contribution in [1.29, 1.82) is 0 Å². The number of aromatic nitrogens is 2. The number of nitrogens with one attached hydrogen (secondary N) is 1. The fraction of sp³-hybridized carbons (Fsp3) is 0.281. The molecule has 7 heteroatoms. The third-order valence-corrected chi connectivity index (χ3v) is 7.45. The molecule has 2 heterocycles. The van der Waals surface area contributed by atoms with E-state index in [1.165, 1.54) is 0 Å². The Morgan fingerprint density at radius 2 is 1.72 bits per heavy atom. The SMILES string of the molecule is Cn1cnc2ccc3c(=O)c(-c4ccc(C5(NC(=O)OC(C)(C)C)CCC5)cc4)c(-c4ccccc4)oc3c21. The van der Waals surface area contributed by atoms with E-state index in [2.05, 4.69) is 10.3 Å². The van der Waals surface area contributed by atoms with Gasteiger partial charge in [-0.15, -0.1) is 0 Å². The van der Waals surface area contributed by atoms with Crippen LogP contribution in [-0.4, -0.2) is 21.2 Å². The summed E-state index contributed by atoms with van der Waals surface area (Å²) in [5, 5.41) is 3.61. The number of benzene rings is 3. The number of imidazole rings is 1. The van der Waals surface area contributed by atoms with Crippen LogP contribution in [0.25, 0.3) is 44.5 Å². The normalized spacial score (nSPS) is 14.8. The van der Waals surface area contributed by atoms with Crippen molar-refractivity contribution in [1.82, 2.24) is 14.9 Å². The first-order valence-corrected chi connectivity index (χ1v) is 13.2. The van der Waals surface area contributed by atoms with Gasteiger partial charge in [-0.3, -0.25) is 4.79 Å². The van der Waals surface area contributed by atoms with E-state index in [1.54, 1.807) is 12.4 Å². The van der Waals surface area contributed by atoms with E-state index in [-0.39, 0.29) is 5.43 Å². The lowest BCUT2D eigenvalue weighted by molar-refractivity contribution is 0.0377. The van der Waals surface area contributed by atoms with Crippen molar-refractivity contribution in [2.24, 2.45) is 7.05 Å². The second-order valence-electron chi connectivity index (χ2n) is 11.3. The molecule has 198 valence electrons. The van der Waals surface area contributed by atoms with Crippen molar-refractivity contribution in [3.8, 4) is 22.5 Å². The van der Waals surface area contributed by atoms with Gasteiger partial charge < -0.3 is 19.0 Å². The molecule has 3 aromatic carbocycles. The molecule has 0 atom stereocenters. The zero-order valence-electron chi connectivity index (χ0n) is 22.6. The number of carbonyl (C=O) groups excluding carboxylic acids is 1. The number of alkyl carbamates (subject to hydrolysis) is 1. The highest BCUT2D eigenvalue weighted by Gasteiger charge is 2.41. The molecule has 1 aliphatic carbocycles. The Hall–Kier alpha value is -4.39. The molecule has 1 N–H and O–H groups in total. The Bertz CT molecular complexity index is 1760. The van der Waals surface area contributed by atoms with Gasteiger partial charge >= 0.3 is 6.09 Å². The van der Waals surface area contributed by atoms with Crippen molar-refractivity contribution in [2.75, 3.05) is 0 Å². The van der Waals surface area contributed by atoms with Gasteiger partial charge in [0.2, 0.25) is 5.43 Å². The molecule has 0 aliphatic heterocycles. The molecule has 5 aromatic rings. The Morgan fingerprint density at radius 1 is 1.00 bits per heavy atom. The Kier molecular flexibility index (Phi) is 5.83. The van der Waals surface area contributed by atoms with Crippen LogP contribution in [0.4, 0.5) is 4.79 Å². The van der Waals surface area contributed by atoms with E-state index in [0.717, 1.165) is 47.0 Å². The second kappa shape index (κ2) is 9.12. The van der Waals surface area contributed by atoms with E-state index < -0.39 is 17.2 Å². The Morgan fingerprint density at radius 3 is 2.36 bits per heavy atom. The number of nitrogens with zero attached hydrogens (tertiary/aromatic N) is 2. The monoisotopic (exact) mass is 521 g/mol. The predicted molar refractivity (Wildman–Crippen MR) is 153 cm³/mol. The van der Waals surface area contributed by atoms with E-state index in [0.29, 0.717) is 22.3 Å². The number of fused-ring (bicyclic) bond motifs is 3. The maximum Gasteiger partial charge on any atom is 0.408 e. The lowest BCUT2D eigenvalue weighted by atomic mass is 9.71. The summed E-state index contributed by atoms with van der Waals surface area (Å²) >= 11 is 0. The van der Waals surface area contributed by atoms with Gasteiger partial charge in [-0.1, -0.05) is 54.6 Å². The summed E-state index contributed by atoms with van der Waals surface area (Å²) in [7, 11) is 1.89. The second-order valence-corrected chi connectivity index (χ2v) is 11.3. The topological polar surface area (TPSA) is 86.4 Å². The summed E-state index contributed by atoms with van der Waals surface area (Å²) in [4.78, 5) is 31.1. The van der Waals surface area contributed by atoms with Gasteiger partial charge in [-0.25, -0.2) is 9.78 Å². The Balaban J connectivity index is 1.47. The van der Waals surface area contributed by atoms with Gasteiger partial charge in [0.05, 0.1) is 28.3 Å². The van der Waals surface area contributed by atoms with Crippen molar-refractivity contribution < 1.29 is 13.9 Å². The van der Waals surface area contributed by atoms with Crippen LogP contribution in [0.3, 0.4) is 0 Å². The first-order chi connectivity index (χ1) is 18.7. The summed E-state index contributed by atoms with van der Waals surface area (Å²) in [5.74, 6) is 0.514. The number of amides is 1. The van der Waals surface area contributed by atoms with Crippen LogP contribution in [0.15, 0.2) is 82.3 Å². The van der Waals surface area contributed by atoms with Crippen molar-refractivity contribution in [3.63, 3.8) is 0 Å². The quantitative estimate of drug-likeness (QED) is 0.277. The maximum absolute atomic E-state index is 14.1. The summed E-state index contributed by atoms with van der Waals surface area (Å²) in [6.45, 7) is 5.56. The zero-order chi connectivity index (χ0) is 27.4. The summed E-state index contributed by atoms with van der Waals surface area (Å²) in [6, 6.07) is 21.2. The number of aryl methyl sites for hydroxylation is 1. The molecule has 0 unspecified atom stereocenters. The van der Waals surface area contributed by atoms with Crippen LogP contribution < -0.4 is 10.7 Å². The van der Waals surface area contributed by atoms with Gasteiger partial charge in [-0.2, -0.15) is 0 Å². The van der Waals surface area contributed by atoms with Crippen LogP contribution in [-0.2, 0) is 17.3 Å². The molecule has 0 spiro atoms. The molecule has 7 nitrogen and oxygen atoms in total. The van der Waals surface area contributed by atoms with Crippen molar-refractivity contribution in [2.45, 2.75) is 51.2 Å². The fourth-order valence-corrected chi connectivity index (χ4v) is 5.41. The first-order valence-electron chi connectivity index (χ1n) is 13.2. The highest BCUT2D eigenvalue weighted by Crippen LogP contribution is 2.42. The van der Waals surface area contributed by atoms with Crippen LogP contribution >= 0.6 is 0 Å². The molecule has 39 heavy (non-hydrogen) atoms. The number of rotatable bonds is 4. The molecule has 1 saturated carbocycles. The number of ether oxygens (including phenoxy) is 1. The number of hydrogen-bond acceptors (Lipinski definition) is 5. The van der Waals surface area contributed by atoms with Gasteiger partial charge in [0.15, 0.2) is 5.58 Å². The molecular formula is C32H31N3O4. The molecule has 0 radical (unpaired) electrons. The summed E-state index contributed by atoms with van der Waals surface area (Å²) in [6.07, 6.45) is 3.99. The van der Waals surface area contributed by atoms with E-state index in [4.69, 9.17) is 9.15 Å². The average Bonchev–Trinajstić information content (AvgIpc) is 3.27. The minimum Gasteiger partial charge on any atom is -0.453 e. The van der Waals surface area contributed by atoms with Crippen LogP contribution in [0.2, 0.25) is 0 Å². The zero-order valence-corrected chi connectivity index (χ0v) is 22.6. The largest absolute Gasteiger partial charge is 0.453 e. The molecule has 0 bridgehead atoms. The van der Waals surface area contributed by atoms with Crippen LogP contribution in [0, 0.1) is 0 Å². The lowest BCUT2D eigenvalue weighted by Crippen LogP contribution is -2.52. The summed E-state index contributed by atoms with van der Waals surface area (Å²) < 4.78 is 14.0. The molecule has 2 aromatic heterocycles.